The molecule has 4 nitrogen and oxygen atoms in total. The molecule has 0 aliphatic carbocycles. The number of carbonyl (C=O) groups is 1. The molecule has 2 aromatic carbocycles. The Morgan fingerprint density at radius 2 is 1.68 bits per heavy atom. The molecule has 128 valence electrons. The number of nitrogens with one attached hydrogen (secondary N) is 2. The monoisotopic (exact) mass is 334 g/mol. The van der Waals surface area contributed by atoms with E-state index in [0.717, 1.165) is 33.3 Å². The fourth-order valence-electron chi connectivity index (χ4n) is 3.08. The lowest BCUT2D eigenvalue weighted by Gasteiger charge is -2.08. The Kier molecular flexibility index (Phi) is 4.70. The van der Waals surface area contributed by atoms with E-state index >= 15 is 0 Å². The van der Waals surface area contributed by atoms with Gasteiger partial charge in [-0.15, -0.1) is 0 Å². The van der Waals surface area contributed by atoms with E-state index in [0.29, 0.717) is 12.0 Å². The van der Waals surface area contributed by atoms with Gasteiger partial charge in [-0.1, -0.05) is 17.7 Å². The molecule has 4 heteroatoms. The van der Waals surface area contributed by atoms with E-state index in [2.05, 4.69) is 16.4 Å². The number of anilines is 1. The molecular formula is C21H22N2O2. The summed E-state index contributed by atoms with van der Waals surface area (Å²) in [5.41, 5.74) is 5.47. The number of pyridine rings is 1. The summed E-state index contributed by atoms with van der Waals surface area (Å²) in [5.74, 6) is -0.0891. The van der Waals surface area contributed by atoms with E-state index in [1.54, 1.807) is 0 Å². The van der Waals surface area contributed by atoms with Crippen molar-refractivity contribution in [1.82, 2.24) is 4.98 Å². The number of benzene rings is 2. The second-order valence-corrected chi connectivity index (χ2v) is 6.64. The van der Waals surface area contributed by atoms with Crippen molar-refractivity contribution in [2.75, 3.05) is 5.32 Å². The maximum Gasteiger partial charge on any atom is 0.251 e. The van der Waals surface area contributed by atoms with Gasteiger partial charge in [0.1, 0.15) is 0 Å². The van der Waals surface area contributed by atoms with Crippen LogP contribution in [-0.4, -0.2) is 10.9 Å². The summed E-state index contributed by atoms with van der Waals surface area (Å²) < 4.78 is 0. The van der Waals surface area contributed by atoms with Crippen LogP contribution in [0.1, 0.15) is 28.7 Å². The number of hydrogen-bond donors (Lipinski definition) is 2. The van der Waals surface area contributed by atoms with Crippen LogP contribution in [0.15, 0.2) is 47.3 Å². The van der Waals surface area contributed by atoms with Crippen LogP contribution >= 0.6 is 0 Å². The molecule has 3 rings (SSSR count). The van der Waals surface area contributed by atoms with Crippen LogP contribution in [0.2, 0.25) is 0 Å². The minimum absolute atomic E-state index is 0.0891. The lowest BCUT2D eigenvalue weighted by Crippen LogP contribution is -2.17. The van der Waals surface area contributed by atoms with Crippen LogP contribution < -0.4 is 10.9 Å². The Labute approximate surface area is 146 Å². The van der Waals surface area contributed by atoms with Crippen molar-refractivity contribution in [2.45, 2.75) is 33.6 Å². The predicted octanol–water partition coefficient (Wildman–Crippen LogP) is 4.02. The fourth-order valence-corrected chi connectivity index (χ4v) is 3.08. The number of fused-ring (bicyclic) bond motifs is 1. The van der Waals surface area contributed by atoms with E-state index in [1.807, 2.05) is 57.2 Å². The first-order valence-electron chi connectivity index (χ1n) is 8.41. The maximum atomic E-state index is 12.2. The summed E-state index contributed by atoms with van der Waals surface area (Å²) in [6.45, 7) is 6.01. The third-order valence-electron chi connectivity index (χ3n) is 4.20. The van der Waals surface area contributed by atoms with Crippen molar-refractivity contribution in [3.63, 3.8) is 0 Å². The average molecular weight is 334 g/mol. The summed E-state index contributed by atoms with van der Waals surface area (Å²) in [4.78, 5) is 27.3. The molecular weight excluding hydrogens is 312 g/mol. The minimum Gasteiger partial charge on any atom is -0.326 e. The second kappa shape index (κ2) is 6.93. The van der Waals surface area contributed by atoms with Gasteiger partial charge in [0.25, 0.3) is 5.56 Å². The molecule has 0 saturated heterocycles. The van der Waals surface area contributed by atoms with Crippen LogP contribution in [0.3, 0.4) is 0 Å². The highest BCUT2D eigenvalue weighted by atomic mass is 16.1. The number of carbonyl (C=O) groups excluding carboxylic acids is 1. The van der Waals surface area contributed by atoms with Gasteiger partial charge in [-0.05, 0) is 74.0 Å². The number of aromatic amines is 1. The van der Waals surface area contributed by atoms with Crippen LogP contribution in [0.25, 0.3) is 10.9 Å². The Hall–Kier alpha value is -2.88. The van der Waals surface area contributed by atoms with Gasteiger partial charge in [-0.3, -0.25) is 9.59 Å². The van der Waals surface area contributed by atoms with Crippen LogP contribution in [0.5, 0.6) is 0 Å². The van der Waals surface area contributed by atoms with Crippen molar-refractivity contribution in [2.24, 2.45) is 0 Å². The molecule has 1 aromatic heterocycles. The van der Waals surface area contributed by atoms with E-state index in [9.17, 15) is 9.59 Å². The summed E-state index contributed by atoms with van der Waals surface area (Å²) >= 11 is 0. The highest BCUT2D eigenvalue weighted by molar-refractivity contribution is 5.91. The van der Waals surface area contributed by atoms with Crippen molar-refractivity contribution >= 4 is 22.5 Å². The molecule has 0 fully saturated rings. The third-order valence-corrected chi connectivity index (χ3v) is 4.20. The lowest BCUT2D eigenvalue weighted by molar-refractivity contribution is -0.116. The maximum absolute atomic E-state index is 12.2. The number of aromatic nitrogens is 1. The molecule has 1 amide bonds. The number of H-pyrrole nitrogens is 1. The van der Waals surface area contributed by atoms with E-state index in [4.69, 9.17) is 0 Å². The lowest BCUT2D eigenvalue weighted by atomic mass is 10.1. The van der Waals surface area contributed by atoms with Crippen molar-refractivity contribution in [3.05, 3.63) is 75.1 Å². The van der Waals surface area contributed by atoms with Gasteiger partial charge in [0.15, 0.2) is 0 Å². The first-order chi connectivity index (χ1) is 11.9. The normalized spacial score (nSPS) is 10.8. The molecule has 0 saturated carbocycles. The smallest absolute Gasteiger partial charge is 0.251 e. The molecule has 25 heavy (non-hydrogen) atoms. The Bertz CT molecular complexity index is 982. The zero-order valence-corrected chi connectivity index (χ0v) is 14.8. The van der Waals surface area contributed by atoms with Gasteiger partial charge < -0.3 is 10.3 Å². The molecule has 0 spiro atoms. The fraction of sp³-hybridized carbons (Fsp3) is 0.238. The molecule has 0 radical (unpaired) electrons. The average Bonchev–Trinajstić information content (AvgIpc) is 2.52. The molecule has 2 N–H and O–H groups in total. The summed E-state index contributed by atoms with van der Waals surface area (Å²) in [6, 6.07) is 13.7. The summed E-state index contributed by atoms with van der Waals surface area (Å²) in [7, 11) is 0. The van der Waals surface area contributed by atoms with Gasteiger partial charge in [0, 0.05) is 23.2 Å². The predicted molar refractivity (Wildman–Crippen MR) is 102 cm³/mol. The molecule has 0 aliphatic heterocycles. The SMILES string of the molecule is Cc1cc(C)cc(NC(=O)CCc2cc3cc(C)ccc3[nH]c2=O)c1. The number of hydrogen-bond acceptors (Lipinski definition) is 2. The zero-order valence-electron chi connectivity index (χ0n) is 14.8. The van der Waals surface area contributed by atoms with E-state index in [-0.39, 0.29) is 17.9 Å². The van der Waals surface area contributed by atoms with Gasteiger partial charge in [-0.2, -0.15) is 0 Å². The minimum atomic E-state index is -0.129. The standard InChI is InChI=1S/C21H22N2O2/c1-13-4-6-19-17(9-13)12-16(21(25)23-19)5-7-20(24)22-18-10-14(2)8-15(3)11-18/h4,6,8-12H,5,7H2,1-3H3,(H,22,24)(H,23,25). The Balaban J connectivity index is 1.72. The second-order valence-electron chi connectivity index (χ2n) is 6.64. The van der Waals surface area contributed by atoms with Crippen molar-refractivity contribution < 1.29 is 4.79 Å². The molecule has 1 heterocycles. The van der Waals surface area contributed by atoms with Crippen molar-refractivity contribution in [1.29, 1.82) is 0 Å². The van der Waals surface area contributed by atoms with Crippen LogP contribution in [0, 0.1) is 20.8 Å². The first kappa shape index (κ1) is 17.0. The topological polar surface area (TPSA) is 62.0 Å². The van der Waals surface area contributed by atoms with E-state index < -0.39 is 0 Å². The van der Waals surface area contributed by atoms with Gasteiger partial charge >= 0.3 is 0 Å². The van der Waals surface area contributed by atoms with Gasteiger partial charge in [0.2, 0.25) is 5.91 Å². The largest absolute Gasteiger partial charge is 0.326 e. The number of amides is 1. The molecule has 0 aliphatic rings. The number of aryl methyl sites for hydroxylation is 4. The van der Waals surface area contributed by atoms with Gasteiger partial charge in [-0.25, -0.2) is 0 Å². The molecule has 0 atom stereocenters. The Morgan fingerprint density at radius 1 is 0.960 bits per heavy atom. The number of rotatable bonds is 4. The quantitative estimate of drug-likeness (QED) is 0.757. The van der Waals surface area contributed by atoms with Gasteiger partial charge in [0.05, 0.1) is 0 Å². The highest BCUT2D eigenvalue weighted by Crippen LogP contribution is 2.16. The molecule has 0 unspecified atom stereocenters. The highest BCUT2D eigenvalue weighted by Gasteiger charge is 2.08. The van der Waals surface area contributed by atoms with Crippen molar-refractivity contribution in [3.8, 4) is 0 Å². The zero-order chi connectivity index (χ0) is 18.0. The van der Waals surface area contributed by atoms with Crippen LogP contribution in [0.4, 0.5) is 5.69 Å². The first-order valence-corrected chi connectivity index (χ1v) is 8.41. The summed E-state index contributed by atoms with van der Waals surface area (Å²) in [5, 5.41) is 3.90. The molecule has 0 bridgehead atoms. The summed E-state index contributed by atoms with van der Waals surface area (Å²) in [6.07, 6.45) is 0.684. The molecule has 3 aromatic rings. The Morgan fingerprint density at radius 3 is 2.40 bits per heavy atom. The van der Waals surface area contributed by atoms with E-state index in [1.165, 1.54) is 0 Å². The van der Waals surface area contributed by atoms with Crippen LogP contribution in [-0.2, 0) is 11.2 Å². The third kappa shape index (κ3) is 4.15.